The van der Waals surface area contributed by atoms with Crippen LogP contribution in [-0.4, -0.2) is 16.7 Å². The summed E-state index contributed by atoms with van der Waals surface area (Å²) in [4.78, 5) is 11.8. The largest absolute Gasteiger partial charge is 0.323 e. The Morgan fingerprint density at radius 2 is 1.64 bits per heavy atom. The minimum atomic E-state index is -0.223. The molecular formula is C18H15N3O. The first-order valence-electron chi connectivity index (χ1n) is 6.95. The fourth-order valence-corrected chi connectivity index (χ4v) is 2.07. The van der Waals surface area contributed by atoms with Crippen LogP contribution in [0.1, 0.15) is 15.9 Å². The molecule has 0 aliphatic rings. The molecule has 1 aromatic heterocycles. The molecule has 1 N–H and O–H groups in total. The molecule has 0 aliphatic heterocycles. The second-order valence-corrected chi connectivity index (χ2v) is 4.75. The molecule has 2 aromatic carbocycles. The first kappa shape index (κ1) is 13.8. The molecule has 4 heteroatoms. The van der Waals surface area contributed by atoms with E-state index in [0.29, 0.717) is 5.56 Å². The van der Waals surface area contributed by atoms with E-state index in [1.54, 1.807) is 18.3 Å². The van der Waals surface area contributed by atoms with E-state index in [4.69, 9.17) is 0 Å². The molecule has 4 nitrogen and oxygen atoms in total. The van der Waals surface area contributed by atoms with Crippen LogP contribution in [0.3, 0.4) is 0 Å². The average molecular weight is 289 g/mol. The third-order valence-electron chi connectivity index (χ3n) is 3.19. The number of aromatic nitrogens is 1. The van der Waals surface area contributed by atoms with Crippen LogP contribution in [0.25, 0.3) is 5.69 Å². The van der Waals surface area contributed by atoms with Gasteiger partial charge in [0.2, 0.25) is 0 Å². The highest BCUT2D eigenvalue weighted by atomic mass is 16.2. The van der Waals surface area contributed by atoms with Crippen molar-refractivity contribution in [3.05, 3.63) is 90.3 Å². The van der Waals surface area contributed by atoms with Gasteiger partial charge in [0.1, 0.15) is 0 Å². The predicted molar refractivity (Wildman–Crippen MR) is 87.3 cm³/mol. The fraction of sp³-hybridized carbons (Fsp3) is 0. The van der Waals surface area contributed by atoms with Crippen molar-refractivity contribution >= 4 is 12.1 Å². The average Bonchev–Trinajstić information content (AvgIpc) is 3.05. The van der Waals surface area contributed by atoms with Gasteiger partial charge in [0.15, 0.2) is 0 Å². The Hall–Kier alpha value is -3.14. The molecule has 0 saturated heterocycles. The minimum Gasteiger partial charge on any atom is -0.323 e. The maximum absolute atomic E-state index is 11.8. The van der Waals surface area contributed by atoms with E-state index >= 15 is 0 Å². The number of nitrogens with zero attached hydrogens (tertiary/aromatic N) is 2. The third-order valence-corrected chi connectivity index (χ3v) is 3.19. The monoisotopic (exact) mass is 289 g/mol. The van der Waals surface area contributed by atoms with Gasteiger partial charge in [-0.3, -0.25) is 4.79 Å². The fourth-order valence-electron chi connectivity index (χ4n) is 2.07. The van der Waals surface area contributed by atoms with Crippen molar-refractivity contribution in [2.24, 2.45) is 5.10 Å². The van der Waals surface area contributed by atoms with E-state index in [1.807, 2.05) is 71.6 Å². The van der Waals surface area contributed by atoms with Gasteiger partial charge in [-0.15, -0.1) is 0 Å². The summed E-state index contributed by atoms with van der Waals surface area (Å²) in [6, 6.07) is 20.9. The quantitative estimate of drug-likeness (QED) is 0.581. The molecule has 0 saturated carbocycles. The van der Waals surface area contributed by atoms with Gasteiger partial charge in [-0.25, -0.2) is 5.43 Å². The zero-order valence-corrected chi connectivity index (χ0v) is 11.9. The predicted octanol–water partition coefficient (Wildman–Crippen LogP) is 3.24. The van der Waals surface area contributed by atoms with Crippen LogP contribution in [0.2, 0.25) is 0 Å². The van der Waals surface area contributed by atoms with Crippen LogP contribution >= 0.6 is 0 Å². The van der Waals surface area contributed by atoms with E-state index in [2.05, 4.69) is 10.5 Å². The molecular weight excluding hydrogens is 274 g/mol. The highest BCUT2D eigenvalue weighted by molar-refractivity contribution is 5.94. The number of rotatable bonds is 4. The highest BCUT2D eigenvalue weighted by Gasteiger charge is 2.01. The summed E-state index contributed by atoms with van der Waals surface area (Å²) in [5.41, 5.74) is 5.10. The van der Waals surface area contributed by atoms with Crippen LogP contribution in [0, 0.1) is 0 Å². The van der Waals surface area contributed by atoms with Gasteiger partial charge in [0, 0.05) is 29.2 Å². The molecule has 108 valence electrons. The standard InChI is InChI=1S/C18H15N3O/c22-18(16-7-3-1-4-8-16)20-19-13-15-11-12-21(14-15)17-9-5-2-6-10-17/h1-14H,(H,20,22)/b19-13-. The number of hydrogen-bond acceptors (Lipinski definition) is 2. The molecule has 0 unspecified atom stereocenters. The van der Waals surface area contributed by atoms with E-state index in [0.717, 1.165) is 11.3 Å². The topological polar surface area (TPSA) is 46.4 Å². The molecule has 22 heavy (non-hydrogen) atoms. The van der Waals surface area contributed by atoms with Crippen molar-refractivity contribution in [1.82, 2.24) is 9.99 Å². The van der Waals surface area contributed by atoms with Gasteiger partial charge < -0.3 is 4.57 Å². The van der Waals surface area contributed by atoms with Crippen LogP contribution < -0.4 is 5.43 Å². The van der Waals surface area contributed by atoms with E-state index < -0.39 is 0 Å². The Kier molecular flexibility index (Phi) is 4.11. The molecule has 0 atom stereocenters. The SMILES string of the molecule is O=C(N/N=C\c1ccn(-c2ccccc2)c1)c1ccccc1. The summed E-state index contributed by atoms with van der Waals surface area (Å²) >= 11 is 0. The zero-order chi connectivity index (χ0) is 15.2. The Balaban J connectivity index is 1.64. The molecule has 0 bridgehead atoms. The molecule has 3 aromatic rings. The Morgan fingerprint density at radius 1 is 0.955 bits per heavy atom. The molecule has 0 fully saturated rings. The lowest BCUT2D eigenvalue weighted by Gasteiger charge is -2.00. The zero-order valence-electron chi connectivity index (χ0n) is 11.9. The lowest BCUT2D eigenvalue weighted by Crippen LogP contribution is -2.17. The van der Waals surface area contributed by atoms with Crippen molar-refractivity contribution in [2.75, 3.05) is 0 Å². The Bertz CT molecular complexity index is 776. The van der Waals surface area contributed by atoms with Gasteiger partial charge in [-0.05, 0) is 30.3 Å². The minimum absolute atomic E-state index is 0.223. The first-order valence-corrected chi connectivity index (χ1v) is 6.95. The molecule has 0 radical (unpaired) electrons. The van der Waals surface area contributed by atoms with Crippen LogP contribution in [0.5, 0.6) is 0 Å². The summed E-state index contributed by atoms with van der Waals surface area (Å²) in [7, 11) is 0. The van der Waals surface area contributed by atoms with Gasteiger partial charge >= 0.3 is 0 Å². The summed E-state index contributed by atoms with van der Waals surface area (Å²) in [5, 5.41) is 3.99. The lowest BCUT2D eigenvalue weighted by molar-refractivity contribution is 0.0955. The molecule has 1 amide bonds. The summed E-state index contributed by atoms with van der Waals surface area (Å²) in [6.45, 7) is 0. The smallest absolute Gasteiger partial charge is 0.271 e. The number of carbonyl (C=O) groups is 1. The molecule has 0 spiro atoms. The summed E-state index contributed by atoms with van der Waals surface area (Å²) in [6.07, 6.45) is 5.53. The normalized spacial score (nSPS) is 10.7. The van der Waals surface area contributed by atoms with Crippen molar-refractivity contribution < 1.29 is 4.79 Å². The van der Waals surface area contributed by atoms with Gasteiger partial charge in [-0.1, -0.05) is 36.4 Å². The van der Waals surface area contributed by atoms with Crippen molar-refractivity contribution in [2.45, 2.75) is 0 Å². The lowest BCUT2D eigenvalue weighted by atomic mass is 10.2. The maximum atomic E-state index is 11.8. The van der Waals surface area contributed by atoms with E-state index in [1.165, 1.54) is 0 Å². The first-order chi connectivity index (χ1) is 10.8. The number of benzene rings is 2. The van der Waals surface area contributed by atoms with E-state index in [-0.39, 0.29) is 5.91 Å². The maximum Gasteiger partial charge on any atom is 0.271 e. The Morgan fingerprint density at radius 3 is 2.36 bits per heavy atom. The van der Waals surface area contributed by atoms with Crippen LogP contribution in [-0.2, 0) is 0 Å². The molecule has 1 heterocycles. The molecule has 3 rings (SSSR count). The van der Waals surface area contributed by atoms with Crippen LogP contribution in [0.15, 0.2) is 84.2 Å². The number of para-hydroxylation sites is 1. The second-order valence-electron chi connectivity index (χ2n) is 4.75. The highest BCUT2D eigenvalue weighted by Crippen LogP contribution is 2.09. The van der Waals surface area contributed by atoms with Crippen molar-refractivity contribution in [1.29, 1.82) is 0 Å². The van der Waals surface area contributed by atoms with Crippen molar-refractivity contribution in [3.63, 3.8) is 0 Å². The van der Waals surface area contributed by atoms with Gasteiger partial charge in [0.05, 0.1) is 6.21 Å². The number of nitrogens with one attached hydrogen (secondary N) is 1. The molecule has 0 aliphatic carbocycles. The van der Waals surface area contributed by atoms with Gasteiger partial charge in [-0.2, -0.15) is 5.10 Å². The van der Waals surface area contributed by atoms with Crippen LogP contribution in [0.4, 0.5) is 0 Å². The summed E-state index contributed by atoms with van der Waals surface area (Å²) in [5.74, 6) is -0.223. The van der Waals surface area contributed by atoms with E-state index in [9.17, 15) is 4.79 Å². The van der Waals surface area contributed by atoms with Crippen molar-refractivity contribution in [3.8, 4) is 5.69 Å². The number of hydrogen-bond donors (Lipinski definition) is 1. The number of hydrazone groups is 1. The second kappa shape index (κ2) is 6.54. The Labute approximate surface area is 128 Å². The number of carbonyl (C=O) groups excluding carboxylic acids is 1. The third kappa shape index (κ3) is 3.30. The van der Waals surface area contributed by atoms with Gasteiger partial charge in [0.25, 0.3) is 5.91 Å². The number of amides is 1. The summed E-state index contributed by atoms with van der Waals surface area (Å²) < 4.78 is 2.00.